The van der Waals surface area contributed by atoms with Gasteiger partial charge in [-0.05, 0) is 48.2 Å². The number of aliphatic hydroxyl groups excluding tert-OH is 1. The van der Waals surface area contributed by atoms with Gasteiger partial charge >= 0.3 is 6.03 Å². The number of rotatable bonds is 9. The molecule has 0 spiro atoms. The monoisotopic (exact) mass is 617 g/mol. The van der Waals surface area contributed by atoms with Crippen LogP contribution >= 0.6 is 11.6 Å². The molecule has 0 saturated heterocycles. The number of aliphatic hydroxyl groups is 1. The first-order valence-electron chi connectivity index (χ1n) is 14.3. The Labute approximate surface area is 260 Å². The number of carbonyl (C=O) groups excluding carboxylic acids is 1. The minimum absolute atomic E-state index is 0.0963. The van der Waals surface area contributed by atoms with Gasteiger partial charge in [0.1, 0.15) is 35.5 Å². The largest absolute Gasteiger partial charge is 0.490 e. The highest BCUT2D eigenvalue weighted by molar-refractivity contribution is 6.32. The number of carbonyl (C=O) groups is 1. The molecule has 1 aliphatic carbocycles. The molecule has 4 aromatic rings. The molecule has 5 N–H and O–H groups in total. The number of nitrogens with one attached hydrogen (secondary N) is 4. The molecule has 12 heteroatoms. The zero-order valence-electron chi connectivity index (χ0n) is 24.8. The highest BCUT2D eigenvalue weighted by atomic mass is 35.5. The van der Waals surface area contributed by atoms with E-state index >= 15 is 0 Å². The predicted molar refractivity (Wildman–Crippen MR) is 168 cm³/mol. The van der Waals surface area contributed by atoms with Gasteiger partial charge in [0.2, 0.25) is 0 Å². The van der Waals surface area contributed by atoms with Gasteiger partial charge in [0, 0.05) is 17.5 Å². The number of nitrogens with zero attached hydrogens (tertiary/aromatic N) is 3. The van der Waals surface area contributed by atoms with Crippen LogP contribution < -0.4 is 25.6 Å². The maximum Gasteiger partial charge on any atom is 0.320 e. The van der Waals surface area contributed by atoms with Crippen molar-refractivity contribution in [3.63, 3.8) is 0 Å². The molecule has 1 unspecified atom stereocenters. The van der Waals surface area contributed by atoms with Gasteiger partial charge in [-0.25, -0.2) is 9.48 Å². The number of benzene rings is 2. The molecule has 0 bridgehead atoms. The Morgan fingerprint density at radius 2 is 1.91 bits per heavy atom. The quantitative estimate of drug-likeness (QED) is 0.120. The van der Waals surface area contributed by atoms with Crippen LogP contribution in [0, 0.1) is 10.8 Å². The van der Waals surface area contributed by atoms with Crippen LogP contribution in [-0.4, -0.2) is 45.0 Å². The molecule has 1 aliphatic rings. The van der Waals surface area contributed by atoms with Crippen molar-refractivity contribution in [2.45, 2.75) is 51.2 Å². The van der Waals surface area contributed by atoms with Gasteiger partial charge in [-0.15, -0.1) is 0 Å². The lowest BCUT2D eigenvalue weighted by Gasteiger charge is -2.32. The van der Waals surface area contributed by atoms with Crippen LogP contribution in [0.25, 0.3) is 5.69 Å². The summed E-state index contributed by atoms with van der Waals surface area (Å²) in [5, 5.41) is 35.9. The minimum Gasteiger partial charge on any atom is -0.490 e. The van der Waals surface area contributed by atoms with Gasteiger partial charge in [0.15, 0.2) is 0 Å². The molecule has 44 heavy (non-hydrogen) atoms. The van der Waals surface area contributed by atoms with Crippen LogP contribution in [-0.2, 0) is 5.41 Å². The lowest BCUT2D eigenvalue weighted by atomic mass is 9.85. The van der Waals surface area contributed by atoms with Crippen LogP contribution in [0.4, 0.5) is 10.6 Å². The molecule has 2 heterocycles. The number of urea groups is 1. The Balaban J connectivity index is 1.37. The molecule has 5 rings (SSSR count). The molecule has 0 fully saturated rings. The van der Waals surface area contributed by atoms with Crippen LogP contribution in [0.15, 0.2) is 66.9 Å². The molecule has 0 saturated carbocycles. The highest BCUT2D eigenvalue weighted by Crippen LogP contribution is 2.39. The molecular formula is C32H36ClN7O4. The SMILES string of the molecule is CC(C)(C)c1cc(NC(=O)NC2CC[C@@H](Oc3ccc(=N)n(C=N)c3)c3ccccc32)n(-c2ccc(Cl)c(OCCO)c2)n1. The summed E-state index contributed by atoms with van der Waals surface area (Å²) in [6.07, 6.45) is 3.74. The van der Waals surface area contributed by atoms with E-state index in [-0.39, 0.29) is 42.3 Å². The molecule has 2 amide bonds. The molecule has 0 aliphatic heterocycles. The molecule has 2 aromatic carbocycles. The number of hydrogen-bond acceptors (Lipinski definition) is 7. The van der Waals surface area contributed by atoms with Crippen LogP contribution in [0.3, 0.4) is 0 Å². The Kier molecular flexibility index (Phi) is 9.07. The van der Waals surface area contributed by atoms with Gasteiger partial charge < -0.3 is 19.9 Å². The first-order chi connectivity index (χ1) is 21.1. The summed E-state index contributed by atoms with van der Waals surface area (Å²) in [5.41, 5.74) is 3.26. The van der Waals surface area contributed by atoms with Gasteiger partial charge in [-0.1, -0.05) is 56.6 Å². The van der Waals surface area contributed by atoms with E-state index in [1.54, 1.807) is 41.2 Å². The average molecular weight is 618 g/mol. The molecule has 11 nitrogen and oxygen atoms in total. The number of aromatic nitrogens is 3. The number of hydrogen-bond donors (Lipinski definition) is 5. The third-order valence-corrected chi connectivity index (χ3v) is 7.65. The van der Waals surface area contributed by atoms with Crippen molar-refractivity contribution in [1.82, 2.24) is 19.7 Å². The predicted octanol–water partition coefficient (Wildman–Crippen LogP) is 5.71. The van der Waals surface area contributed by atoms with Gasteiger partial charge in [0.05, 0.1) is 41.6 Å². The second-order valence-corrected chi connectivity index (χ2v) is 11.9. The summed E-state index contributed by atoms with van der Waals surface area (Å²) in [4.78, 5) is 13.5. The molecular weight excluding hydrogens is 582 g/mol. The van der Waals surface area contributed by atoms with Crippen LogP contribution in [0.5, 0.6) is 11.5 Å². The van der Waals surface area contributed by atoms with Crippen molar-refractivity contribution < 1.29 is 19.4 Å². The Bertz CT molecular complexity index is 1730. The third kappa shape index (κ3) is 6.79. The Hall–Kier alpha value is -4.61. The van der Waals surface area contributed by atoms with E-state index in [2.05, 4.69) is 10.6 Å². The fourth-order valence-corrected chi connectivity index (χ4v) is 5.27. The summed E-state index contributed by atoms with van der Waals surface area (Å²) < 4.78 is 14.9. The first-order valence-corrected chi connectivity index (χ1v) is 14.7. The van der Waals surface area contributed by atoms with Crippen molar-refractivity contribution in [2.75, 3.05) is 18.5 Å². The smallest absolute Gasteiger partial charge is 0.320 e. The van der Waals surface area contributed by atoms with E-state index in [0.29, 0.717) is 40.9 Å². The van der Waals surface area contributed by atoms with Crippen LogP contribution in [0.2, 0.25) is 5.02 Å². The molecule has 2 atom stereocenters. The van der Waals surface area contributed by atoms with Gasteiger partial charge in [-0.3, -0.25) is 20.7 Å². The number of halogens is 1. The van der Waals surface area contributed by atoms with Gasteiger partial charge in [0.25, 0.3) is 0 Å². The second-order valence-electron chi connectivity index (χ2n) is 11.5. The Morgan fingerprint density at radius 3 is 2.64 bits per heavy atom. The van der Waals surface area contributed by atoms with E-state index in [1.807, 2.05) is 51.1 Å². The van der Waals surface area contributed by atoms with E-state index in [4.69, 9.17) is 37.0 Å². The van der Waals surface area contributed by atoms with Crippen molar-refractivity contribution in [3.8, 4) is 17.2 Å². The fourth-order valence-electron chi connectivity index (χ4n) is 5.09. The summed E-state index contributed by atoms with van der Waals surface area (Å²) >= 11 is 6.30. The molecule has 230 valence electrons. The van der Waals surface area contributed by atoms with E-state index in [0.717, 1.165) is 23.2 Å². The lowest BCUT2D eigenvalue weighted by molar-refractivity contribution is 0.171. The highest BCUT2D eigenvalue weighted by Gasteiger charge is 2.30. The van der Waals surface area contributed by atoms with Crippen molar-refractivity contribution >= 4 is 29.8 Å². The van der Waals surface area contributed by atoms with E-state index in [1.165, 1.54) is 4.57 Å². The topological polar surface area (TPSA) is 150 Å². The fraction of sp³-hybridized carbons (Fsp3) is 0.312. The summed E-state index contributed by atoms with van der Waals surface area (Å²) in [6.45, 7) is 6.09. The van der Waals surface area contributed by atoms with Crippen LogP contribution in [0.1, 0.15) is 62.6 Å². The lowest BCUT2D eigenvalue weighted by Crippen LogP contribution is -2.36. The Morgan fingerprint density at radius 1 is 1.14 bits per heavy atom. The maximum atomic E-state index is 13.5. The minimum atomic E-state index is -0.380. The summed E-state index contributed by atoms with van der Waals surface area (Å²) in [7, 11) is 0. The number of ether oxygens (including phenoxy) is 2. The van der Waals surface area contributed by atoms with E-state index in [9.17, 15) is 9.90 Å². The number of anilines is 1. The zero-order chi connectivity index (χ0) is 31.4. The number of pyridine rings is 1. The summed E-state index contributed by atoms with van der Waals surface area (Å²) in [5.74, 6) is 1.44. The number of fused-ring (bicyclic) bond motifs is 1. The van der Waals surface area contributed by atoms with E-state index < -0.39 is 0 Å². The maximum absolute atomic E-state index is 13.5. The molecule has 2 aromatic heterocycles. The molecule has 0 radical (unpaired) electrons. The third-order valence-electron chi connectivity index (χ3n) is 7.34. The number of amides is 2. The summed E-state index contributed by atoms with van der Waals surface area (Å²) in [6, 6.07) is 17.6. The standard InChI is InChI=1S/C32H36ClN7O4/c1-32(2,3)28-17-30(40(38-28)20-8-10-24(33)27(16-20)43-15-14-41)37-31(42)36-25-11-12-26(23-7-5-4-6-22(23)25)44-21-9-13-29(35)39(18-21)19-34/h4-10,13,16-19,25-26,34-35,41H,11-12,14-15H2,1-3H3,(H2,36,37,42)/t25?,26-/m1/s1. The average Bonchev–Trinajstić information content (AvgIpc) is 3.43. The zero-order valence-corrected chi connectivity index (χ0v) is 25.6. The normalized spacial score (nSPS) is 16.1. The van der Waals surface area contributed by atoms with Crippen molar-refractivity contribution in [1.29, 1.82) is 10.8 Å². The second kappa shape index (κ2) is 12.9. The van der Waals surface area contributed by atoms with Crippen molar-refractivity contribution in [3.05, 3.63) is 94.2 Å². The first kappa shape index (κ1) is 30.8. The van der Waals surface area contributed by atoms with Gasteiger partial charge in [-0.2, -0.15) is 5.10 Å². The van der Waals surface area contributed by atoms with Crippen molar-refractivity contribution in [2.24, 2.45) is 0 Å².